The summed E-state index contributed by atoms with van der Waals surface area (Å²) < 4.78 is 0. The predicted octanol–water partition coefficient (Wildman–Crippen LogP) is 2.90. The normalized spacial score (nSPS) is 15.5. The molecule has 120 valence electrons. The summed E-state index contributed by atoms with van der Waals surface area (Å²) in [6, 6.07) is 7.86. The second-order valence-corrected chi connectivity index (χ2v) is 6.57. The summed E-state index contributed by atoms with van der Waals surface area (Å²) in [6.07, 6.45) is 1.30. The minimum absolute atomic E-state index is 0.0677. The number of hydrogen-bond acceptors (Lipinski definition) is 2. The summed E-state index contributed by atoms with van der Waals surface area (Å²) in [5.41, 5.74) is 1.14. The molecule has 1 N–H and O–H groups in total. The smallest absolute Gasteiger partial charge is 0.242 e. The van der Waals surface area contributed by atoms with Crippen molar-refractivity contribution in [1.29, 1.82) is 0 Å². The van der Waals surface area contributed by atoms with Crippen molar-refractivity contribution in [2.75, 3.05) is 18.0 Å². The van der Waals surface area contributed by atoms with Crippen LogP contribution in [0.1, 0.15) is 39.2 Å². The van der Waals surface area contributed by atoms with Gasteiger partial charge in [0.15, 0.2) is 0 Å². The molecule has 4 heteroatoms. The maximum Gasteiger partial charge on any atom is 0.242 e. The predicted molar refractivity (Wildman–Crippen MR) is 88.7 cm³/mol. The molecule has 4 nitrogen and oxygen atoms in total. The SMILES string of the molecule is CCN(C(=O)C1(C(=O)NCC(C)C)CC1)c1cccc(C)c1. The standard InChI is InChI=1S/C18H26N2O2/c1-5-20(15-8-6-7-14(4)11-15)17(22)18(9-10-18)16(21)19-12-13(2)3/h6-8,11,13H,5,9-10,12H2,1-4H3,(H,19,21). The fourth-order valence-corrected chi connectivity index (χ4v) is 2.63. The monoisotopic (exact) mass is 302 g/mol. The molecule has 0 saturated heterocycles. The number of amides is 2. The van der Waals surface area contributed by atoms with Crippen molar-refractivity contribution in [3.05, 3.63) is 29.8 Å². The number of hydrogen-bond donors (Lipinski definition) is 1. The lowest BCUT2D eigenvalue weighted by atomic mass is 10.0. The van der Waals surface area contributed by atoms with Crippen LogP contribution in [0.15, 0.2) is 24.3 Å². The number of anilines is 1. The zero-order chi connectivity index (χ0) is 16.3. The first kappa shape index (κ1) is 16.5. The average Bonchev–Trinajstić information content (AvgIpc) is 3.27. The van der Waals surface area contributed by atoms with Crippen LogP contribution in [0.2, 0.25) is 0 Å². The van der Waals surface area contributed by atoms with Crippen LogP contribution in [0.3, 0.4) is 0 Å². The van der Waals surface area contributed by atoms with Gasteiger partial charge in [0, 0.05) is 18.8 Å². The maximum absolute atomic E-state index is 12.9. The number of carbonyl (C=O) groups excluding carboxylic acids is 2. The van der Waals surface area contributed by atoms with Gasteiger partial charge in [0.2, 0.25) is 11.8 Å². The Bertz CT molecular complexity index is 562. The second-order valence-electron chi connectivity index (χ2n) is 6.57. The largest absolute Gasteiger partial charge is 0.355 e. The molecular weight excluding hydrogens is 276 g/mol. The first-order chi connectivity index (χ1) is 10.4. The summed E-state index contributed by atoms with van der Waals surface area (Å²) in [5, 5.41) is 2.92. The van der Waals surface area contributed by atoms with Gasteiger partial charge in [-0.15, -0.1) is 0 Å². The molecule has 1 aromatic rings. The molecule has 1 saturated carbocycles. The van der Waals surface area contributed by atoms with Crippen LogP contribution in [0.25, 0.3) is 0 Å². The van der Waals surface area contributed by atoms with Crippen LogP contribution >= 0.6 is 0 Å². The van der Waals surface area contributed by atoms with E-state index in [-0.39, 0.29) is 11.8 Å². The lowest BCUT2D eigenvalue weighted by molar-refractivity contribution is -0.135. The Morgan fingerprint density at radius 3 is 2.50 bits per heavy atom. The van der Waals surface area contributed by atoms with Crippen molar-refractivity contribution in [1.82, 2.24) is 5.32 Å². The first-order valence-electron chi connectivity index (χ1n) is 8.07. The van der Waals surface area contributed by atoms with Gasteiger partial charge in [-0.2, -0.15) is 0 Å². The van der Waals surface area contributed by atoms with Crippen molar-refractivity contribution in [3.63, 3.8) is 0 Å². The van der Waals surface area contributed by atoms with Crippen molar-refractivity contribution >= 4 is 17.5 Å². The molecule has 22 heavy (non-hydrogen) atoms. The fourth-order valence-electron chi connectivity index (χ4n) is 2.63. The summed E-state index contributed by atoms with van der Waals surface area (Å²) in [7, 11) is 0. The van der Waals surface area contributed by atoms with Gasteiger partial charge in [0.25, 0.3) is 0 Å². The summed E-state index contributed by atoms with van der Waals surface area (Å²) in [6.45, 7) is 9.23. The van der Waals surface area contributed by atoms with Gasteiger partial charge in [-0.25, -0.2) is 0 Å². The number of carbonyl (C=O) groups is 2. The van der Waals surface area contributed by atoms with Crippen molar-refractivity contribution < 1.29 is 9.59 Å². The number of benzene rings is 1. The third-order valence-corrected chi connectivity index (χ3v) is 4.14. The van der Waals surface area contributed by atoms with Crippen molar-refractivity contribution in [2.45, 2.75) is 40.5 Å². The molecule has 0 aliphatic heterocycles. The minimum atomic E-state index is -0.839. The van der Waals surface area contributed by atoms with Gasteiger partial charge in [-0.05, 0) is 50.3 Å². The molecule has 1 fully saturated rings. The summed E-state index contributed by atoms with van der Waals surface area (Å²) in [4.78, 5) is 27.1. The Kier molecular flexibility index (Phi) is 4.89. The summed E-state index contributed by atoms with van der Waals surface area (Å²) >= 11 is 0. The van der Waals surface area contributed by atoms with Crippen molar-refractivity contribution in [3.8, 4) is 0 Å². The molecule has 1 aromatic carbocycles. The first-order valence-corrected chi connectivity index (χ1v) is 8.07. The van der Waals surface area contributed by atoms with Crippen molar-refractivity contribution in [2.24, 2.45) is 11.3 Å². The molecular formula is C18H26N2O2. The van der Waals surface area contributed by atoms with Crippen LogP contribution in [0, 0.1) is 18.3 Å². The molecule has 2 amide bonds. The van der Waals surface area contributed by atoms with E-state index >= 15 is 0 Å². The van der Waals surface area contributed by atoms with Crippen LogP contribution in [-0.4, -0.2) is 24.9 Å². The van der Waals surface area contributed by atoms with E-state index in [1.807, 2.05) is 52.0 Å². The second kappa shape index (κ2) is 6.51. The van der Waals surface area contributed by atoms with Gasteiger partial charge in [-0.3, -0.25) is 9.59 Å². The maximum atomic E-state index is 12.9. The molecule has 0 bridgehead atoms. The van der Waals surface area contributed by atoms with Crippen LogP contribution < -0.4 is 10.2 Å². The van der Waals surface area contributed by atoms with E-state index in [0.29, 0.717) is 31.8 Å². The highest BCUT2D eigenvalue weighted by Crippen LogP contribution is 2.48. The molecule has 0 unspecified atom stereocenters. The third-order valence-electron chi connectivity index (χ3n) is 4.14. The van der Waals surface area contributed by atoms with E-state index in [1.165, 1.54) is 0 Å². The minimum Gasteiger partial charge on any atom is -0.355 e. The zero-order valence-corrected chi connectivity index (χ0v) is 14.0. The molecule has 0 spiro atoms. The zero-order valence-electron chi connectivity index (χ0n) is 14.0. The number of aryl methyl sites for hydroxylation is 1. The number of nitrogens with zero attached hydrogens (tertiary/aromatic N) is 1. The average molecular weight is 302 g/mol. The van der Waals surface area contributed by atoms with Gasteiger partial charge >= 0.3 is 0 Å². The molecule has 0 radical (unpaired) electrons. The number of nitrogens with one attached hydrogen (secondary N) is 1. The highest BCUT2D eigenvalue weighted by molar-refractivity contribution is 6.14. The Labute approximate surface area is 132 Å². The molecule has 0 atom stereocenters. The Morgan fingerprint density at radius 2 is 2.00 bits per heavy atom. The Hall–Kier alpha value is -1.84. The topological polar surface area (TPSA) is 49.4 Å². The Balaban J connectivity index is 2.16. The van der Waals surface area contributed by atoms with E-state index in [0.717, 1.165) is 11.3 Å². The van der Waals surface area contributed by atoms with E-state index in [2.05, 4.69) is 5.32 Å². The van der Waals surface area contributed by atoms with Crippen LogP contribution in [-0.2, 0) is 9.59 Å². The van der Waals surface area contributed by atoms with Gasteiger partial charge in [0.05, 0.1) is 0 Å². The van der Waals surface area contributed by atoms with Gasteiger partial charge in [-0.1, -0.05) is 26.0 Å². The van der Waals surface area contributed by atoms with Crippen LogP contribution in [0.4, 0.5) is 5.69 Å². The molecule has 0 heterocycles. The van der Waals surface area contributed by atoms with E-state index in [9.17, 15) is 9.59 Å². The quantitative estimate of drug-likeness (QED) is 0.821. The lowest BCUT2D eigenvalue weighted by Gasteiger charge is -2.26. The summed E-state index contributed by atoms with van der Waals surface area (Å²) in [5.74, 6) is 0.202. The number of rotatable bonds is 6. The van der Waals surface area contributed by atoms with E-state index in [4.69, 9.17) is 0 Å². The molecule has 2 rings (SSSR count). The van der Waals surface area contributed by atoms with Gasteiger partial charge in [0.1, 0.15) is 5.41 Å². The highest BCUT2D eigenvalue weighted by atomic mass is 16.2. The fraction of sp³-hybridized carbons (Fsp3) is 0.556. The van der Waals surface area contributed by atoms with Gasteiger partial charge < -0.3 is 10.2 Å². The molecule has 1 aliphatic rings. The third kappa shape index (κ3) is 3.32. The molecule has 0 aromatic heterocycles. The highest BCUT2D eigenvalue weighted by Gasteiger charge is 2.57. The lowest BCUT2D eigenvalue weighted by Crippen LogP contribution is -2.46. The van der Waals surface area contributed by atoms with Crippen LogP contribution in [0.5, 0.6) is 0 Å². The molecule has 1 aliphatic carbocycles. The van der Waals surface area contributed by atoms with E-state index < -0.39 is 5.41 Å². The Morgan fingerprint density at radius 1 is 1.32 bits per heavy atom. The van der Waals surface area contributed by atoms with E-state index in [1.54, 1.807) is 4.90 Å².